The molecule has 1 aromatic carbocycles. The fraction of sp³-hybridized carbons (Fsp3) is 0.400. The second-order valence-electron chi connectivity index (χ2n) is 11.8. The Morgan fingerprint density at radius 2 is 1.82 bits per heavy atom. The van der Waals surface area contributed by atoms with Crippen LogP contribution < -0.4 is 4.90 Å². The summed E-state index contributed by atoms with van der Waals surface area (Å²) in [5.74, 6) is -0.131. The minimum atomic E-state index is -4.67. The Hall–Kier alpha value is -4.58. The lowest BCUT2D eigenvalue weighted by Gasteiger charge is -2.48. The number of aromatic nitrogens is 5. The Balaban J connectivity index is 1.52. The van der Waals surface area contributed by atoms with Crippen molar-refractivity contribution in [2.24, 2.45) is 7.05 Å². The molecule has 2 aliphatic heterocycles. The minimum Gasteiger partial charge on any atom is -0.349 e. The molecule has 6 rings (SSSR count). The van der Waals surface area contributed by atoms with Crippen molar-refractivity contribution < 1.29 is 26.4 Å². The summed E-state index contributed by atoms with van der Waals surface area (Å²) >= 11 is 0. The van der Waals surface area contributed by atoms with Gasteiger partial charge in [0, 0.05) is 61.8 Å². The predicted molar refractivity (Wildman–Crippen MR) is 159 cm³/mol. The van der Waals surface area contributed by atoms with Gasteiger partial charge in [0.2, 0.25) is 5.91 Å². The van der Waals surface area contributed by atoms with Crippen molar-refractivity contribution in [3.63, 3.8) is 0 Å². The number of carbonyl (C=O) groups excluding carboxylic acids is 1. The first-order valence-electron chi connectivity index (χ1n) is 14.2. The third-order valence-electron chi connectivity index (χ3n) is 8.96. The Morgan fingerprint density at radius 1 is 1.09 bits per heavy atom. The number of halogens is 3. The second kappa shape index (κ2) is 10.5. The number of sulfone groups is 1. The molecule has 0 bridgehead atoms. The molecular weight excluding hydrogens is 609 g/mol. The van der Waals surface area contributed by atoms with Crippen LogP contribution in [0.15, 0.2) is 43.0 Å². The van der Waals surface area contributed by atoms with Gasteiger partial charge in [-0.1, -0.05) is 6.07 Å². The largest absolute Gasteiger partial charge is 0.417 e. The summed E-state index contributed by atoms with van der Waals surface area (Å²) in [6.45, 7) is 5.54. The first-order chi connectivity index (χ1) is 21.2. The zero-order valence-electron chi connectivity index (χ0n) is 24.9. The van der Waals surface area contributed by atoms with Crippen molar-refractivity contribution in [2.45, 2.75) is 50.2 Å². The number of alkyl halides is 3. The number of aryl methyl sites for hydroxylation is 1. The molecule has 2 fully saturated rings. The third-order valence-corrected chi connectivity index (χ3v) is 11.5. The molecule has 3 atom stereocenters. The first kappa shape index (κ1) is 30.4. The molecule has 0 saturated carbocycles. The van der Waals surface area contributed by atoms with Gasteiger partial charge in [-0.05, 0) is 44.9 Å². The number of nitriles is 1. The fourth-order valence-corrected chi connectivity index (χ4v) is 7.72. The number of piperazine rings is 1. The summed E-state index contributed by atoms with van der Waals surface area (Å²) < 4.78 is 67.7. The molecule has 5 heterocycles. The van der Waals surface area contributed by atoms with E-state index in [4.69, 9.17) is 0 Å². The zero-order chi connectivity index (χ0) is 32.5. The number of amides is 1. The highest BCUT2D eigenvalue weighted by atomic mass is 32.2. The number of fused-ring (bicyclic) bond motifs is 1. The molecule has 15 heteroatoms. The van der Waals surface area contributed by atoms with Crippen LogP contribution in [0.1, 0.15) is 38.4 Å². The quantitative estimate of drug-likeness (QED) is 0.325. The standard InChI is InChI=1S/C30H29F3N8O3S/c1-17-15-41(28(42)29(3)8-10-45(29,43)44)18(2)14-40(17)27-25-20(22-13-35-9-7-23(22)30(31,32)33)5-6-21(26(25)36-16-37-27)24-11-19(12-34)39(4)38-24/h5-7,9,11,13,16-18H,8,10,14-15H2,1-4H3/t17-,18+,29-/m0/s1. The van der Waals surface area contributed by atoms with Crippen LogP contribution in [0.25, 0.3) is 33.3 Å². The molecule has 2 aliphatic rings. The number of hydrogen-bond acceptors (Lipinski definition) is 9. The Labute approximate surface area is 257 Å². The summed E-state index contributed by atoms with van der Waals surface area (Å²) in [7, 11) is -1.93. The van der Waals surface area contributed by atoms with Crippen LogP contribution >= 0.6 is 0 Å². The summed E-state index contributed by atoms with van der Waals surface area (Å²) in [6.07, 6.45) is -0.853. The van der Waals surface area contributed by atoms with Crippen LogP contribution in [0.3, 0.4) is 0 Å². The van der Waals surface area contributed by atoms with E-state index in [0.29, 0.717) is 28.0 Å². The van der Waals surface area contributed by atoms with E-state index in [1.807, 2.05) is 11.8 Å². The van der Waals surface area contributed by atoms with E-state index in [1.54, 1.807) is 37.1 Å². The van der Waals surface area contributed by atoms with Crippen LogP contribution in [0.2, 0.25) is 0 Å². The van der Waals surface area contributed by atoms with E-state index in [1.165, 1.54) is 17.9 Å². The zero-order valence-corrected chi connectivity index (χ0v) is 25.7. The maximum atomic E-state index is 14.2. The number of carbonyl (C=O) groups is 1. The molecule has 0 radical (unpaired) electrons. The van der Waals surface area contributed by atoms with Crippen LogP contribution in [0.4, 0.5) is 19.0 Å². The summed E-state index contributed by atoms with van der Waals surface area (Å²) in [4.78, 5) is 30.1. The molecule has 45 heavy (non-hydrogen) atoms. The van der Waals surface area contributed by atoms with Gasteiger partial charge < -0.3 is 9.80 Å². The first-order valence-corrected chi connectivity index (χ1v) is 15.9. The van der Waals surface area contributed by atoms with Crippen LogP contribution in [-0.4, -0.2) is 79.6 Å². The number of benzene rings is 1. The number of nitrogens with zero attached hydrogens (tertiary/aromatic N) is 8. The van der Waals surface area contributed by atoms with Crippen LogP contribution in [-0.2, 0) is 27.9 Å². The molecule has 0 unspecified atom stereocenters. The van der Waals surface area contributed by atoms with E-state index < -0.39 is 38.3 Å². The van der Waals surface area contributed by atoms with E-state index in [2.05, 4.69) is 26.1 Å². The van der Waals surface area contributed by atoms with Crippen LogP contribution in [0.5, 0.6) is 0 Å². The SMILES string of the molecule is C[C@@H]1CN(c2ncnc3c(-c4cc(C#N)n(C)n4)ccc(-c4cnccc4C(F)(F)F)c23)[C@@H](C)CN1C(=O)[C@]1(C)CCS1(=O)=O. The second-order valence-corrected chi connectivity index (χ2v) is 14.3. The van der Waals surface area contributed by atoms with Gasteiger partial charge >= 0.3 is 6.18 Å². The lowest BCUT2D eigenvalue weighted by Crippen LogP contribution is -2.66. The Kier molecular flexibility index (Phi) is 7.11. The molecule has 234 valence electrons. The number of hydrogen-bond donors (Lipinski definition) is 0. The normalized spacial score (nSPS) is 23.1. The molecule has 2 saturated heterocycles. The summed E-state index contributed by atoms with van der Waals surface area (Å²) in [6, 6.07) is 6.90. The number of rotatable bonds is 4. The van der Waals surface area contributed by atoms with E-state index >= 15 is 0 Å². The number of anilines is 1. The lowest BCUT2D eigenvalue weighted by molar-refractivity contribution is -0.138. The van der Waals surface area contributed by atoms with Crippen molar-refractivity contribution >= 4 is 32.5 Å². The van der Waals surface area contributed by atoms with Gasteiger partial charge in [-0.15, -0.1) is 0 Å². The van der Waals surface area contributed by atoms with Gasteiger partial charge in [-0.2, -0.15) is 23.5 Å². The summed E-state index contributed by atoms with van der Waals surface area (Å²) in [5, 5.41) is 14.3. The van der Waals surface area contributed by atoms with Crippen molar-refractivity contribution in [1.29, 1.82) is 5.26 Å². The highest BCUT2D eigenvalue weighted by molar-refractivity contribution is 7.95. The minimum absolute atomic E-state index is 0.0302. The van der Waals surface area contributed by atoms with Crippen molar-refractivity contribution in [3.05, 3.63) is 54.2 Å². The monoisotopic (exact) mass is 638 g/mol. The molecule has 11 nitrogen and oxygen atoms in total. The van der Waals surface area contributed by atoms with Gasteiger partial charge in [0.15, 0.2) is 9.84 Å². The van der Waals surface area contributed by atoms with Crippen molar-refractivity contribution in [3.8, 4) is 28.5 Å². The Bertz CT molecular complexity index is 2010. The average Bonchev–Trinajstić information content (AvgIpc) is 3.39. The fourth-order valence-electron chi connectivity index (χ4n) is 6.19. The molecule has 0 spiro atoms. The predicted octanol–water partition coefficient (Wildman–Crippen LogP) is 3.99. The van der Waals surface area contributed by atoms with Gasteiger partial charge in [0.1, 0.15) is 28.7 Å². The van der Waals surface area contributed by atoms with Gasteiger partial charge in [0.25, 0.3) is 0 Å². The van der Waals surface area contributed by atoms with Gasteiger partial charge in [-0.25, -0.2) is 18.4 Å². The highest BCUT2D eigenvalue weighted by Gasteiger charge is 2.56. The lowest BCUT2D eigenvalue weighted by atomic mass is 9.94. The average molecular weight is 639 g/mol. The topological polar surface area (TPSA) is 138 Å². The van der Waals surface area contributed by atoms with E-state index in [9.17, 15) is 31.6 Å². The smallest absolute Gasteiger partial charge is 0.349 e. The summed E-state index contributed by atoms with van der Waals surface area (Å²) in [5.41, 5.74) is 0.672. The highest BCUT2D eigenvalue weighted by Crippen LogP contribution is 2.44. The number of pyridine rings is 1. The molecule has 4 aromatic rings. The van der Waals surface area contributed by atoms with Gasteiger partial charge in [0.05, 0.1) is 27.9 Å². The van der Waals surface area contributed by atoms with Crippen LogP contribution in [0, 0.1) is 11.3 Å². The maximum Gasteiger partial charge on any atom is 0.417 e. The maximum absolute atomic E-state index is 14.2. The third kappa shape index (κ3) is 4.78. The van der Waals surface area contributed by atoms with Gasteiger partial charge in [-0.3, -0.25) is 14.5 Å². The molecular formula is C30H29F3N8O3S. The Morgan fingerprint density at radius 3 is 2.44 bits per heavy atom. The van der Waals surface area contributed by atoms with Crippen molar-refractivity contribution in [2.75, 3.05) is 23.7 Å². The molecule has 0 aliphatic carbocycles. The van der Waals surface area contributed by atoms with Crippen molar-refractivity contribution in [1.82, 2.24) is 29.6 Å². The van der Waals surface area contributed by atoms with E-state index in [0.717, 1.165) is 18.5 Å². The molecule has 0 N–H and O–H groups in total. The van der Waals surface area contributed by atoms with E-state index in [-0.39, 0.29) is 48.1 Å². The molecule has 3 aromatic heterocycles. The molecule has 1 amide bonds.